The van der Waals surface area contributed by atoms with Gasteiger partial charge in [0, 0.05) is 25.3 Å². The number of benzene rings is 1. The van der Waals surface area contributed by atoms with Crippen molar-refractivity contribution in [1.29, 1.82) is 0 Å². The second-order valence-corrected chi connectivity index (χ2v) is 4.04. The Morgan fingerprint density at radius 3 is 2.62 bits per heavy atom. The van der Waals surface area contributed by atoms with Gasteiger partial charge in [0.2, 0.25) is 5.82 Å². The van der Waals surface area contributed by atoms with Crippen LogP contribution in [0, 0.1) is 15.9 Å². The molecule has 0 aliphatic heterocycles. The van der Waals surface area contributed by atoms with Crippen molar-refractivity contribution in [3.05, 3.63) is 39.7 Å². The summed E-state index contributed by atoms with van der Waals surface area (Å²) >= 11 is 0. The molecule has 9 heteroatoms. The molecule has 8 nitrogen and oxygen atoms in total. The molecule has 0 spiro atoms. The van der Waals surface area contributed by atoms with E-state index in [4.69, 9.17) is 9.84 Å². The van der Waals surface area contributed by atoms with Crippen molar-refractivity contribution in [2.45, 2.75) is 0 Å². The van der Waals surface area contributed by atoms with Crippen molar-refractivity contribution in [3.63, 3.8) is 0 Å². The zero-order valence-electron chi connectivity index (χ0n) is 11.1. The standard InChI is InChI=1S/C12H13FN2O6/c1-21-5-4-14(7-11(16)17)12(18)8-2-3-10(15(19)20)9(13)6-8/h2-3,6H,4-5,7H2,1H3,(H,16,17). The SMILES string of the molecule is COCCN(CC(=O)O)C(=O)c1ccc([N+](=O)[O-])c(F)c1. The van der Waals surface area contributed by atoms with Crippen LogP contribution in [0.2, 0.25) is 0 Å². The molecule has 0 aliphatic carbocycles. The smallest absolute Gasteiger partial charge is 0.323 e. The fraction of sp³-hybridized carbons (Fsp3) is 0.333. The lowest BCUT2D eigenvalue weighted by molar-refractivity contribution is -0.387. The molecule has 0 radical (unpaired) electrons. The van der Waals surface area contributed by atoms with E-state index in [1.807, 2.05) is 0 Å². The molecule has 0 heterocycles. The molecule has 0 atom stereocenters. The van der Waals surface area contributed by atoms with E-state index in [1.54, 1.807) is 0 Å². The van der Waals surface area contributed by atoms with E-state index in [9.17, 15) is 24.1 Å². The molecule has 0 aromatic heterocycles. The van der Waals surface area contributed by atoms with Crippen molar-refractivity contribution in [2.75, 3.05) is 26.8 Å². The molecule has 114 valence electrons. The minimum atomic E-state index is -1.23. The van der Waals surface area contributed by atoms with Crippen LogP contribution >= 0.6 is 0 Å². The number of hydrogen-bond acceptors (Lipinski definition) is 5. The Balaban J connectivity index is 2.99. The Kier molecular flexibility index (Phi) is 5.73. The Labute approximate surface area is 118 Å². The van der Waals surface area contributed by atoms with Crippen molar-refractivity contribution in [3.8, 4) is 0 Å². The van der Waals surface area contributed by atoms with Crippen LogP contribution in [0.15, 0.2) is 18.2 Å². The Hall–Kier alpha value is -2.55. The highest BCUT2D eigenvalue weighted by atomic mass is 19.1. The summed E-state index contributed by atoms with van der Waals surface area (Å²) in [5.41, 5.74) is -0.927. The average Bonchev–Trinajstić information content (AvgIpc) is 2.41. The Bertz CT molecular complexity index is 563. The summed E-state index contributed by atoms with van der Waals surface area (Å²) < 4.78 is 18.2. The zero-order valence-corrected chi connectivity index (χ0v) is 11.1. The van der Waals surface area contributed by atoms with Gasteiger partial charge in [-0.1, -0.05) is 0 Å². The first-order valence-electron chi connectivity index (χ1n) is 5.80. The number of halogens is 1. The number of nitro groups is 1. The number of nitro benzene ring substituents is 1. The van der Waals surface area contributed by atoms with Crippen LogP contribution in [0.3, 0.4) is 0 Å². The second-order valence-electron chi connectivity index (χ2n) is 4.04. The number of ether oxygens (including phenoxy) is 1. The summed E-state index contributed by atoms with van der Waals surface area (Å²) in [4.78, 5) is 33.3. The molecule has 1 amide bonds. The van der Waals surface area contributed by atoms with Gasteiger partial charge in [0.15, 0.2) is 0 Å². The number of hydrogen-bond donors (Lipinski definition) is 1. The molecule has 0 saturated heterocycles. The van der Waals surface area contributed by atoms with Crippen LogP contribution < -0.4 is 0 Å². The van der Waals surface area contributed by atoms with Gasteiger partial charge in [0.1, 0.15) is 6.54 Å². The maximum Gasteiger partial charge on any atom is 0.323 e. The molecular formula is C12H13FN2O6. The number of carboxylic acid groups (broad SMARTS) is 1. The van der Waals surface area contributed by atoms with Crippen molar-refractivity contribution in [2.24, 2.45) is 0 Å². The highest BCUT2D eigenvalue weighted by Crippen LogP contribution is 2.19. The zero-order chi connectivity index (χ0) is 16.0. The predicted octanol–water partition coefficient (Wildman–Crippen LogP) is 0.907. The second kappa shape index (κ2) is 7.29. The summed E-state index contributed by atoms with van der Waals surface area (Å²) in [7, 11) is 1.38. The summed E-state index contributed by atoms with van der Waals surface area (Å²) in [5, 5.41) is 19.3. The number of carbonyl (C=O) groups excluding carboxylic acids is 1. The lowest BCUT2D eigenvalue weighted by Crippen LogP contribution is -2.38. The van der Waals surface area contributed by atoms with Gasteiger partial charge in [0.05, 0.1) is 11.5 Å². The van der Waals surface area contributed by atoms with Crippen LogP contribution in [-0.2, 0) is 9.53 Å². The molecule has 0 fully saturated rings. The van der Waals surface area contributed by atoms with Crippen LogP contribution in [0.4, 0.5) is 10.1 Å². The minimum absolute atomic E-state index is 0.000238. The third-order valence-corrected chi connectivity index (χ3v) is 2.57. The lowest BCUT2D eigenvalue weighted by atomic mass is 10.1. The number of nitrogens with zero attached hydrogens (tertiary/aromatic N) is 2. The van der Waals surface area contributed by atoms with Crippen LogP contribution in [-0.4, -0.2) is 53.6 Å². The molecule has 1 N–H and O–H groups in total. The normalized spacial score (nSPS) is 10.2. The summed E-state index contributed by atoms with van der Waals surface area (Å²) in [6.45, 7) is -0.477. The highest BCUT2D eigenvalue weighted by Gasteiger charge is 2.21. The van der Waals surface area contributed by atoms with E-state index >= 15 is 0 Å². The number of methoxy groups -OCH3 is 1. The third kappa shape index (κ3) is 4.49. The Morgan fingerprint density at radius 2 is 2.14 bits per heavy atom. The first kappa shape index (κ1) is 16.5. The van der Waals surface area contributed by atoms with Crippen molar-refractivity contribution in [1.82, 2.24) is 4.90 Å². The molecule has 1 rings (SSSR count). The van der Waals surface area contributed by atoms with Gasteiger partial charge in [-0.05, 0) is 12.1 Å². The lowest BCUT2D eigenvalue weighted by Gasteiger charge is -2.20. The van der Waals surface area contributed by atoms with Gasteiger partial charge >= 0.3 is 11.7 Å². The molecule has 1 aromatic carbocycles. The number of carboxylic acids is 1. The van der Waals surface area contributed by atoms with E-state index in [-0.39, 0.29) is 18.7 Å². The maximum atomic E-state index is 13.5. The van der Waals surface area contributed by atoms with Gasteiger partial charge in [-0.15, -0.1) is 0 Å². The maximum absolute atomic E-state index is 13.5. The molecular weight excluding hydrogens is 287 g/mol. The van der Waals surface area contributed by atoms with E-state index in [2.05, 4.69) is 0 Å². The molecule has 0 unspecified atom stereocenters. The van der Waals surface area contributed by atoms with Gasteiger partial charge in [0.25, 0.3) is 5.91 Å². The fourth-order valence-corrected chi connectivity index (χ4v) is 1.59. The quantitative estimate of drug-likeness (QED) is 0.592. The van der Waals surface area contributed by atoms with Gasteiger partial charge < -0.3 is 14.7 Å². The largest absolute Gasteiger partial charge is 0.480 e. The van der Waals surface area contributed by atoms with Crippen molar-refractivity contribution < 1.29 is 28.7 Å². The number of carbonyl (C=O) groups is 2. The topological polar surface area (TPSA) is 110 Å². The van der Waals surface area contributed by atoms with E-state index in [0.717, 1.165) is 17.0 Å². The average molecular weight is 300 g/mol. The summed E-state index contributed by atoms with van der Waals surface area (Å²) in [6.07, 6.45) is 0. The van der Waals surface area contributed by atoms with E-state index in [0.29, 0.717) is 6.07 Å². The van der Waals surface area contributed by atoms with Crippen LogP contribution in [0.5, 0.6) is 0 Å². The molecule has 0 saturated carbocycles. The van der Waals surface area contributed by atoms with Crippen LogP contribution in [0.1, 0.15) is 10.4 Å². The predicted molar refractivity (Wildman–Crippen MR) is 68.5 cm³/mol. The molecule has 0 bridgehead atoms. The van der Waals surface area contributed by atoms with Gasteiger partial charge in [-0.3, -0.25) is 19.7 Å². The third-order valence-electron chi connectivity index (χ3n) is 2.57. The van der Waals surface area contributed by atoms with Crippen LogP contribution in [0.25, 0.3) is 0 Å². The summed E-state index contributed by atoms with van der Waals surface area (Å²) in [5.74, 6) is -3.14. The van der Waals surface area contributed by atoms with E-state index in [1.165, 1.54) is 7.11 Å². The summed E-state index contributed by atoms with van der Waals surface area (Å²) in [6, 6.07) is 2.64. The molecule has 21 heavy (non-hydrogen) atoms. The number of amides is 1. The fourth-order valence-electron chi connectivity index (χ4n) is 1.59. The first-order valence-corrected chi connectivity index (χ1v) is 5.80. The molecule has 1 aromatic rings. The monoisotopic (exact) mass is 300 g/mol. The van der Waals surface area contributed by atoms with E-state index < -0.39 is 34.8 Å². The Morgan fingerprint density at radius 1 is 1.48 bits per heavy atom. The number of aliphatic carboxylic acids is 1. The number of rotatable bonds is 7. The van der Waals surface area contributed by atoms with Gasteiger partial charge in [-0.25, -0.2) is 0 Å². The van der Waals surface area contributed by atoms with Crippen molar-refractivity contribution >= 4 is 17.6 Å². The highest BCUT2D eigenvalue weighted by molar-refractivity contribution is 5.96. The molecule has 0 aliphatic rings. The first-order chi connectivity index (χ1) is 9.86. The minimum Gasteiger partial charge on any atom is -0.480 e. The van der Waals surface area contributed by atoms with Gasteiger partial charge in [-0.2, -0.15) is 4.39 Å².